The number of amides is 4. The van der Waals surface area contributed by atoms with Crippen LogP contribution in [-0.2, 0) is 28.4 Å². The summed E-state index contributed by atoms with van der Waals surface area (Å²) in [7, 11) is 2.15. The fourth-order valence-electron chi connectivity index (χ4n) is 6.39. The summed E-state index contributed by atoms with van der Waals surface area (Å²) in [6.07, 6.45) is 7.64. The minimum atomic E-state index is -0.611. The maximum Gasteiger partial charge on any atom is 0.274 e. The molecule has 12 nitrogen and oxygen atoms in total. The largest absolute Gasteiger partial charge is 0.322 e. The van der Waals surface area contributed by atoms with Crippen molar-refractivity contribution in [1.29, 1.82) is 0 Å². The second kappa shape index (κ2) is 17.3. The molecule has 1 aromatic heterocycles. The molecule has 6 rings (SSSR count). The Balaban J connectivity index is 0.875. The van der Waals surface area contributed by atoms with E-state index in [9.17, 15) is 19.2 Å². The number of fused-ring (bicyclic) bond motifs is 1. The average molecular weight is 720 g/mol. The topological polar surface area (TPSA) is 150 Å². The predicted octanol–water partition coefficient (Wildman–Crippen LogP) is 4.87. The van der Waals surface area contributed by atoms with Crippen LogP contribution < -0.4 is 10.8 Å². The summed E-state index contributed by atoms with van der Waals surface area (Å²) in [4.78, 5) is 53.5. The molecule has 1 saturated heterocycles. The summed E-state index contributed by atoms with van der Waals surface area (Å²) in [6.45, 7) is 2.23. The fourth-order valence-corrected chi connectivity index (χ4v) is 7.25. The van der Waals surface area contributed by atoms with Gasteiger partial charge in [-0.15, -0.1) is 16.9 Å². The van der Waals surface area contributed by atoms with Crippen LogP contribution in [0, 0.1) is 11.8 Å². The van der Waals surface area contributed by atoms with Crippen LogP contribution in [0.5, 0.6) is 0 Å². The van der Waals surface area contributed by atoms with Crippen LogP contribution in [0.4, 0.5) is 0 Å². The molecule has 0 radical (unpaired) electrons. The summed E-state index contributed by atoms with van der Waals surface area (Å²) in [6, 6.07) is 20.3. The van der Waals surface area contributed by atoms with Gasteiger partial charge in [0.25, 0.3) is 11.8 Å². The Kier molecular flexibility index (Phi) is 12.1. The van der Waals surface area contributed by atoms with Crippen molar-refractivity contribution in [1.82, 2.24) is 35.6 Å². The first-order valence-electron chi connectivity index (χ1n) is 17.4. The first kappa shape index (κ1) is 36.5. The van der Waals surface area contributed by atoms with Gasteiger partial charge in [0.05, 0.1) is 17.6 Å². The van der Waals surface area contributed by atoms with Gasteiger partial charge in [-0.25, -0.2) is 10.2 Å². The molecule has 4 aromatic rings. The highest BCUT2D eigenvalue weighted by atomic mass is 32.2. The van der Waals surface area contributed by atoms with Gasteiger partial charge in [0.2, 0.25) is 11.8 Å². The third-order valence-electron chi connectivity index (χ3n) is 9.10. The maximum absolute atomic E-state index is 12.9. The second-order valence-electron chi connectivity index (χ2n) is 13.1. The number of piperidine rings is 1. The van der Waals surface area contributed by atoms with Gasteiger partial charge >= 0.3 is 0 Å². The zero-order valence-corrected chi connectivity index (χ0v) is 29.8. The van der Waals surface area contributed by atoms with E-state index in [4.69, 9.17) is 5.21 Å². The number of aromatic nitrogens is 3. The van der Waals surface area contributed by atoms with E-state index in [2.05, 4.69) is 63.7 Å². The van der Waals surface area contributed by atoms with Crippen LogP contribution in [0.25, 0.3) is 5.69 Å². The van der Waals surface area contributed by atoms with Crippen molar-refractivity contribution in [2.75, 3.05) is 13.6 Å². The van der Waals surface area contributed by atoms with E-state index >= 15 is 0 Å². The zero-order chi connectivity index (χ0) is 36.5. The molecule has 3 N–H and O–H groups in total. The van der Waals surface area contributed by atoms with E-state index < -0.39 is 17.9 Å². The molecule has 2 aliphatic rings. The highest BCUT2D eigenvalue weighted by Gasteiger charge is 2.39. The average Bonchev–Trinajstić information content (AvgIpc) is 3.76. The van der Waals surface area contributed by atoms with Crippen molar-refractivity contribution in [3.63, 3.8) is 0 Å². The van der Waals surface area contributed by atoms with Gasteiger partial charge in [0.15, 0.2) is 0 Å². The van der Waals surface area contributed by atoms with E-state index in [1.165, 1.54) is 5.56 Å². The molecule has 268 valence electrons. The molecule has 0 aliphatic carbocycles. The Morgan fingerprint density at radius 3 is 2.75 bits per heavy atom. The van der Waals surface area contributed by atoms with Gasteiger partial charge in [-0.3, -0.25) is 29.7 Å². The molecule has 13 heteroatoms. The lowest BCUT2D eigenvalue weighted by atomic mass is 10.0. The monoisotopic (exact) mass is 719 g/mol. The summed E-state index contributed by atoms with van der Waals surface area (Å²) < 4.78 is 1.62. The lowest BCUT2D eigenvalue weighted by molar-refractivity contribution is -0.136. The summed E-state index contributed by atoms with van der Waals surface area (Å²) >= 11 is 1.69. The highest BCUT2D eigenvalue weighted by Crippen LogP contribution is 2.28. The van der Waals surface area contributed by atoms with Crippen LogP contribution in [0.2, 0.25) is 0 Å². The molecule has 3 heterocycles. The van der Waals surface area contributed by atoms with Crippen LogP contribution >= 0.6 is 11.8 Å². The molecule has 0 bridgehead atoms. The fraction of sp³-hybridized carbons (Fsp3) is 0.333. The minimum Gasteiger partial charge on any atom is -0.322 e. The van der Waals surface area contributed by atoms with E-state index in [-0.39, 0.29) is 18.2 Å². The third kappa shape index (κ3) is 9.33. The Morgan fingerprint density at radius 2 is 1.90 bits per heavy atom. The van der Waals surface area contributed by atoms with Gasteiger partial charge in [0.1, 0.15) is 6.04 Å². The Hall–Kier alpha value is -5.29. The Bertz CT molecular complexity index is 2020. The van der Waals surface area contributed by atoms with Crippen molar-refractivity contribution in [2.45, 2.75) is 74.7 Å². The van der Waals surface area contributed by atoms with Gasteiger partial charge in [0, 0.05) is 53.3 Å². The number of hydrogen-bond donors (Lipinski definition) is 3. The zero-order valence-electron chi connectivity index (χ0n) is 29.0. The molecular weight excluding hydrogens is 679 g/mol. The molecule has 1 fully saturated rings. The lowest BCUT2D eigenvalue weighted by Crippen LogP contribution is -2.52. The Labute approximate surface area is 306 Å². The molecule has 4 amide bonds. The van der Waals surface area contributed by atoms with E-state index in [0.29, 0.717) is 35.5 Å². The number of nitrogens with one attached hydrogen (secondary N) is 2. The standard InChI is InChI=1S/C39H41N7O5S/c1-44(23-28-11-8-14-33(21-28)52-26-31-25-46(43-41-31)32-13-9-12-29(22-32)37(48)42-51)19-7-5-3-2-4-6-10-27-15-16-34-30(20-27)24-45(39(34)50)35-17-18-36(47)40-38(35)49/h8-9,11-16,20-22,25,35,51H,2-5,7,17-19,23-24,26H2,1H3,(H,42,48)(H,40,47,49). The molecule has 52 heavy (non-hydrogen) atoms. The van der Waals surface area contributed by atoms with Crippen molar-refractivity contribution >= 4 is 35.4 Å². The normalized spacial score (nSPS) is 15.3. The smallest absolute Gasteiger partial charge is 0.274 e. The number of thioether (sulfide) groups is 1. The van der Waals surface area contributed by atoms with Crippen LogP contribution in [0.1, 0.15) is 88.0 Å². The van der Waals surface area contributed by atoms with Crippen molar-refractivity contribution in [3.05, 3.63) is 106 Å². The Morgan fingerprint density at radius 1 is 1.06 bits per heavy atom. The number of hydroxylamine groups is 1. The summed E-state index contributed by atoms with van der Waals surface area (Å²) in [5.74, 6) is 5.71. The van der Waals surface area contributed by atoms with Gasteiger partial charge in [-0.2, -0.15) is 0 Å². The third-order valence-corrected chi connectivity index (χ3v) is 10.1. The van der Waals surface area contributed by atoms with Crippen LogP contribution in [0.3, 0.4) is 0 Å². The van der Waals surface area contributed by atoms with Crippen LogP contribution in [-0.4, -0.2) is 73.3 Å². The van der Waals surface area contributed by atoms with Gasteiger partial charge in [-0.05, 0) is 92.5 Å². The van der Waals surface area contributed by atoms with Crippen molar-refractivity contribution < 1.29 is 24.4 Å². The minimum absolute atomic E-state index is 0.170. The SMILES string of the molecule is CN(CCCCCCC#Cc1ccc2c(c1)CN(C1CCC(=O)NC1=O)C2=O)Cc1cccc(SCc2cn(-c3cccc(C(=O)NO)c3)nn2)c1. The molecule has 2 aliphatic heterocycles. The summed E-state index contributed by atoms with van der Waals surface area (Å²) in [5.41, 5.74) is 7.06. The first-order chi connectivity index (χ1) is 25.3. The number of carbonyl (C=O) groups excluding carboxylic acids is 4. The number of rotatable bonds is 14. The van der Waals surface area contributed by atoms with E-state index in [0.717, 1.165) is 66.9 Å². The van der Waals surface area contributed by atoms with Gasteiger partial charge < -0.3 is 9.80 Å². The number of imide groups is 1. The maximum atomic E-state index is 12.9. The molecule has 3 aromatic carbocycles. The lowest BCUT2D eigenvalue weighted by Gasteiger charge is -2.29. The number of nitrogens with zero attached hydrogens (tertiary/aromatic N) is 5. The number of benzene rings is 3. The molecule has 1 atom stereocenters. The second-order valence-corrected chi connectivity index (χ2v) is 14.1. The van der Waals surface area contributed by atoms with Crippen molar-refractivity contribution in [2.24, 2.45) is 0 Å². The highest BCUT2D eigenvalue weighted by molar-refractivity contribution is 7.98. The van der Waals surface area contributed by atoms with Crippen LogP contribution in [0.15, 0.2) is 77.8 Å². The molecule has 0 saturated carbocycles. The predicted molar refractivity (Wildman–Crippen MR) is 195 cm³/mol. The van der Waals surface area contributed by atoms with E-state index in [1.54, 1.807) is 51.1 Å². The molecule has 0 spiro atoms. The molecule has 1 unspecified atom stereocenters. The number of unbranched alkanes of at least 4 members (excludes halogenated alkanes) is 4. The number of hydrogen-bond acceptors (Lipinski definition) is 9. The van der Waals surface area contributed by atoms with Gasteiger partial charge in [-0.1, -0.05) is 48.1 Å². The van der Waals surface area contributed by atoms with E-state index in [1.807, 2.05) is 24.4 Å². The first-order valence-corrected chi connectivity index (χ1v) is 18.4. The van der Waals surface area contributed by atoms with Crippen molar-refractivity contribution in [3.8, 4) is 17.5 Å². The summed E-state index contributed by atoms with van der Waals surface area (Å²) in [5, 5.41) is 19.7. The quantitative estimate of drug-likeness (QED) is 0.0414. The molecular formula is C39H41N7O5S. The number of carbonyl (C=O) groups is 4.